The highest BCUT2D eigenvalue weighted by Gasteiger charge is 2.13. The molecule has 1 fully saturated rings. The smallest absolute Gasteiger partial charge is 0.184 e. The van der Waals surface area contributed by atoms with E-state index in [0.29, 0.717) is 23.8 Å². The van der Waals surface area contributed by atoms with Gasteiger partial charge in [-0.25, -0.2) is 0 Å². The molecule has 0 saturated carbocycles. The third-order valence-corrected chi connectivity index (χ3v) is 3.65. The van der Waals surface area contributed by atoms with Gasteiger partial charge < -0.3 is 19.9 Å². The van der Waals surface area contributed by atoms with Crippen LogP contribution in [0.1, 0.15) is 12.0 Å². The number of hydrogen-bond donors (Lipinski definition) is 1. The van der Waals surface area contributed by atoms with E-state index in [2.05, 4.69) is 9.89 Å². The number of nitrogens with two attached hydrogens (primary N) is 1. The second-order valence-corrected chi connectivity index (χ2v) is 5.14. The second-order valence-electron chi connectivity index (χ2n) is 5.14. The number of aliphatic imine (C=N–C) groups is 1. The van der Waals surface area contributed by atoms with Crippen LogP contribution in [0.3, 0.4) is 0 Å². The molecule has 0 aliphatic carbocycles. The fraction of sp³-hybridized carbons (Fsp3) is 0.562. The van der Waals surface area contributed by atoms with Gasteiger partial charge in [0.15, 0.2) is 11.5 Å². The first-order valence-corrected chi connectivity index (χ1v) is 7.57. The van der Waals surface area contributed by atoms with E-state index in [0.717, 1.165) is 44.8 Å². The maximum Gasteiger partial charge on any atom is 0.184 e. The Bertz CT molecular complexity index is 500. The molecule has 0 amide bonds. The summed E-state index contributed by atoms with van der Waals surface area (Å²) in [5, 5.41) is 0. The van der Waals surface area contributed by atoms with Gasteiger partial charge in [0.1, 0.15) is 0 Å². The Hall–Kier alpha value is -1.79. The number of anilines is 1. The quantitative estimate of drug-likeness (QED) is 0.469. The number of methoxy groups -OCH3 is 1. The molecular formula is C16H25N3O3. The van der Waals surface area contributed by atoms with E-state index in [1.165, 1.54) is 0 Å². The topological polar surface area (TPSA) is 69.3 Å². The SMILES string of the molecule is C/N=C/c1ccc(OCCCN2CCOCC2)c(OC)c1N. The van der Waals surface area contributed by atoms with Crippen LogP contribution >= 0.6 is 0 Å². The maximum absolute atomic E-state index is 6.08. The monoisotopic (exact) mass is 307 g/mol. The third kappa shape index (κ3) is 4.35. The predicted molar refractivity (Wildman–Crippen MR) is 88.3 cm³/mol. The molecule has 122 valence electrons. The zero-order valence-electron chi connectivity index (χ0n) is 13.4. The number of nitrogen functional groups attached to an aromatic ring is 1. The predicted octanol–water partition coefficient (Wildman–Crippen LogP) is 1.43. The van der Waals surface area contributed by atoms with Crippen molar-refractivity contribution in [2.45, 2.75) is 6.42 Å². The molecule has 2 N–H and O–H groups in total. The zero-order valence-corrected chi connectivity index (χ0v) is 13.4. The van der Waals surface area contributed by atoms with Gasteiger partial charge >= 0.3 is 0 Å². The van der Waals surface area contributed by atoms with Gasteiger partial charge in [0.05, 0.1) is 32.6 Å². The van der Waals surface area contributed by atoms with Crippen LogP contribution in [0, 0.1) is 0 Å². The zero-order chi connectivity index (χ0) is 15.8. The Morgan fingerprint density at radius 1 is 1.36 bits per heavy atom. The summed E-state index contributed by atoms with van der Waals surface area (Å²) in [6.07, 6.45) is 2.67. The lowest BCUT2D eigenvalue weighted by molar-refractivity contribution is 0.0357. The van der Waals surface area contributed by atoms with Crippen LogP contribution < -0.4 is 15.2 Å². The molecule has 6 nitrogen and oxygen atoms in total. The van der Waals surface area contributed by atoms with Crippen molar-refractivity contribution < 1.29 is 14.2 Å². The van der Waals surface area contributed by atoms with Crippen molar-refractivity contribution in [2.24, 2.45) is 4.99 Å². The lowest BCUT2D eigenvalue weighted by Gasteiger charge is -2.26. The van der Waals surface area contributed by atoms with E-state index in [1.54, 1.807) is 20.4 Å². The fourth-order valence-corrected chi connectivity index (χ4v) is 2.47. The molecule has 22 heavy (non-hydrogen) atoms. The largest absolute Gasteiger partial charge is 0.491 e. The molecule has 0 bridgehead atoms. The highest BCUT2D eigenvalue weighted by Crippen LogP contribution is 2.35. The number of benzene rings is 1. The standard InChI is InChI=1S/C16H25N3O3/c1-18-12-13-4-5-14(16(20-2)15(13)17)22-9-3-6-19-7-10-21-11-8-19/h4-5,12H,3,6-11,17H2,1-2H3/b18-12+. The number of rotatable bonds is 7. The summed E-state index contributed by atoms with van der Waals surface area (Å²) >= 11 is 0. The minimum atomic E-state index is 0.554. The molecule has 1 heterocycles. The van der Waals surface area contributed by atoms with Crippen molar-refractivity contribution in [3.05, 3.63) is 17.7 Å². The van der Waals surface area contributed by atoms with Crippen molar-refractivity contribution >= 4 is 11.9 Å². The van der Waals surface area contributed by atoms with Crippen molar-refractivity contribution in [1.82, 2.24) is 4.90 Å². The average Bonchev–Trinajstić information content (AvgIpc) is 2.55. The van der Waals surface area contributed by atoms with Gasteiger partial charge in [0.25, 0.3) is 0 Å². The first kappa shape index (κ1) is 16.6. The Kier molecular flexibility index (Phi) is 6.48. The van der Waals surface area contributed by atoms with Crippen molar-refractivity contribution in [3.8, 4) is 11.5 Å². The normalized spacial score (nSPS) is 16.1. The fourth-order valence-electron chi connectivity index (χ4n) is 2.47. The van der Waals surface area contributed by atoms with Gasteiger partial charge in [-0.1, -0.05) is 0 Å². The molecule has 0 unspecified atom stereocenters. The van der Waals surface area contributed by atoms with E-state index < -0.39 is 0 Å². The molecule has 1 aromatic carbocycles. The van der Waals surface area contributed by atoms with Crippen molar-refractivity contribution in [3.63, 3.8) is 0 Å². The number of hydrogen-bond acceptors (Lipinski definition) is 6. The van der Waals surface area contributed by atoms with Crippen molar-refractivity contribution in [1.29, 1.82) is 0 Å². The highest BCUT2D eigenvalue weighted by atomic mass is 16.5. The summed E-state index contributed by atoms with van der Waals surface area (Å²) in [4.78, 5) is 6.37. The molecule has 0 aromatic heterocycles. The Morgan fingerprint density at radius 2 is 2.14 bits per heavy atom. The summed E-state index contributed by atoms with van der Waals surface area (Å²) in [6, 6.07) is 3.77. The summed E-state index contributed by atoms with van der Waals surface area (Å²) in [5.41, 5.74) is 7.47. The summed E-state index contributed by atoms with van der Waals surface area (Å²) in [7, 11) is 3.31. The second kappa shape index (κ2) is 8.60. The molecule has 1 aliphatic heterocycles. The molecule has 2 rings (SSSR count). The first-order valence-electron chi connectivity index (χ1n) is 7.57. The minimum absolute atomic E-state index is 0.554. The molecule has 1 aromatic rings. The summed E-state index contributed by atoms with van der Waals surface area (Å²) in [6.45, 7) is 5.30. The Morgan fingerprint density at radius 3 is 2.82 bits per heavy atom. The van der Waals surface area contributed by atoms with E-state index >= 15 is 0 Å². The van der Waals surface area contributed by atoms with Gasteiger partial charge in [-0.3, -0.25) is 9.89 Å². The minimum Gasteiger partial charge on any atom is -0.491 e. The molecule has 0 atom stereocenters. The van der Waals surface area contributed by atoms with Gasteiger partial charge in [0.2, 0.25) is 0 Å². The maximum atomic E-state index is 6.08. The van der Waals surface area contributed by atoms with E-state index in [4.69, 9.17) is 19.9 Å². The number of ether oxygens (including phenoxy) is 3. The van der Waals surface area contributed by atoms with E-state index in [9.17, 15) is 0 Å². The lowest BCUT2D eigenvalue weighted by Crippen LogP contribution is -2.37. The molecule has 0 radical (unpaired) electrons. The summed E-state index contributed by atoms with van der Waals surface area (Å²) in [5.74, 6) is 1.25. The first-order chi connectivity index (χ1) is 10.8. The molecule has 1 aliphatic rings. The van der Waals surface area contributed by atoms with Crippen LogP contribution in [-0.2, 0) is 4.74 Å². The van der Waals surface area contributed by atoms with Gasteiger partial charge in [-0.2, -0.15) is 0 Å². The van der Waals surface area contributed by atoms with Crippen LogP contribution in [0.15, 0.2) is 17.1 Å². The lowest BCUT2D eigenvalue weighted by atomic mass is 10.1. The van der Waals surface area contributed by atoms with Crippen molar-refractivity contribution in [2.75, 3.05) is 59.3 Å². The van der Waals surface area contributed by atoms with Crippen LogP contribution in [0.25, 0.3) is 0 Å². The van der Waals surface area contributed by atoms with Gasteiger partial charge in [-0.05, 0) is 18.6 Å². The van der Waals surface area contributed by atoms with Crippen LogP contribution in [0.2, 0.25) is 0 Å². The van der Waals surface area contributed by atoms with Crippen LogP contribution in [-0.4, -0.2) is 64.7 Å². The molecule has 0 spiro atoms. The summed E-state index contributed by atoms with van der Waals surface area (Å²) < 4.78 is 16.5. The molecule has 1 saturated heterocycles. The number of nitrogens with zero attached hydrogens (tertiary/aromatic N) is 2. The van der Waals surface area contributed by atoms with E-state index in [1.807, 2.05) is 12.1 Å². The van der Waals surface area contributed by atoms with Gasteiger partial charge in [-0.15, -0.1) is 0 Å². The van der Waals surface area contributed by atoms with Gasteiger partial charge in [0, 0.05) is 38.5 Å². The average molecular weight is 307 g/mol. The third-order valence-electron chi connectivity index (χ3n) is 3.65. The Balaban J connectivity index is 1.87. The molecule has 6 heteroatoms. The highest BCUT2D eigenvalue weighted by molar-refractivity contribution is 5.90. The Labute approximate surface area is 131 Å². The molecular weight excluding hydrogens is 282 g/mol. The number of morpholine rings is 1. The van der Waals surface area contributed by atoms with Crippen LogP contribution in [0.4, 0.5) is 5.69 Å². The van der Waals surface area contributed by atoms with Crippen LogP contribution in [0.5, 0.6) is 11.5 Å². The van der Waals surface area contributed by atoms with E-state index in [-0.39, 0.29) is 0 Å².